The number of methoxy groups -OCH3 is 1. The van der Waals surface area contributed by atoms with Gasteiger partial charge in [0.05, 0.1) is 13.7 Å². The van der Waals surface area contributed by atoms with Crippen LogP contribution in [0.25, 0.3) is 0 Å². The quantitative estimate of drug-likeness (QED) is 0.670. The van der Waals surface area contributed by atoms with Gasteiger partial charge in [-0.1, -0.05) is 0 Å². The Morgan fingerprint density at radius 3 is 2.79 bits per heavy atom. The fraction of sp³-hybridized carbons (Fsp3) is 0.333. The molecule has 76 valence electrons. The van der Waals surface area contributed by atoms with Crippen LogP contribution in [0.4, 0.5) is 0 Å². The van der Waals surface area contributed by atoms with Gasteiger partial charge in [-0.2, -0.15) is 0 Å². The van der Waals surface area contributed by atoms with E-state index in [1.54, 1.807) is 6.92 Å². The largest absolute Gasteiger partial charge is 0.505 e. The van der Waals surface area contributed by atoms with E-state index >= 15 is 0 Å². The molecule has 0 radical (unpaired) electrons. The third-order valence-corrected chi connectivity index (χ3v) is 1.96. The van der Waals surface area contributed by atoms with Crippen LogP contribution in [0.1, 0.15) is 21.6 Å². The first kappa shape index (κ1) is 10.5. The first-order valence-corrected chi connectivity index (χ1v) is 3.98. The summed E-state index contributed by atoms with van der Waals surface area (Å²) < 4.78 is 4.42. The van der Waals surface area contributed by atoms with Crippen LogP contribution in [0.5, 0.6) is 5.75 Å². The van der Waals surface area contributed by atoms with Crippen LogP contribution in [0.15, 0.2) is 6.20 Å². The monoisotopic (exact) mass is 197 g/mol. The third-order valence-electron chi connectivity index (χ3n) is 1.96. The highest BCUT2D eigenvalue weighted by Gasteiger charge is 2.16. The Morgan fingerprint density at radius 2 is 2.29 bits per heavy atom. The summed E-state index contributed by atoms with van der Waals surface area (Å²) in [5, 5.41) is 18.4. The Labute approximate surface area is 81.0 Å². The maximum absolute atomic E-state index is 11.1. The summed E-state index contributed by atoms with van der Waals surface area (Å²) in [5.41, 5.74) is 0.778. The number of esters is 1. The Balaban J connectivity index is 3.24. The summed E-state index contributed by atoms with van der Waals surface area (Å²) in [5.74, 6) is -0.946. The van der Waals surface area contributed by atoms with Crippen molar-refractivity contribution in [2.45, 2.75) is 13.5 Å². The second-order valence-corrected chi connectivity index (χ2v) is 2.76. The van der Waals surface area contributed by atoms with Crippen molar-refractivity contribution >= 4 is 5.97 Å². The van der Waals surface area contributed by atoms with E-state index in [2.05, 4.69) is 9.72 Å². The lowest BCUT2D eigenvalue weighted by Crippen LogP contribution is -2.06. The molecule has 0 saturated heterocycles. The molecular formula is C9H11NO4. The van der Waals surface area contributed by atoms with Gasteiger partial charge in [0.2, 0.25) is 0 Å². The Hall–Kier alpha value is -1.62. The van der Waals surface area contributed by atoms with Crippen LogP contribution >= 0.6 is 0 Å². The number of nitrogens with zero attached hydrogens (tertiary/aromatic N) is 1. The van der Waals surface area contributed by atoms with E-state index in [9.17, 15) is 9.90 Å². The van der Waals surface area contributed by atoms with Crippen LogP contribution < -0.4 is 0 Å². The minimum Gasteiger partial charge on any atom is -0.505 e. The zero-order valence-corrected chi connectivity index (χ0v) is 7.94. The van der Waals surface area contributed by atoms with Crippen molar-refractivity contribution in [1.29, 1.82) is 0 Å². The molecule has 1 heterocycles. The number of pyridine rings is 1. The standard InChI is InChI=1S/C9H11NO4/c1-5-6(4-11)3-10-7(8(5)12)9(13)14-2/h3,11-12H,4H2,1-2H3. The van der Waals surface area contributed by atoms with Gasteiger partial charge >= 0.3 is 5.97 Å². The average Bonchev–Trinajstić information content (AvgIpc) is 2.21. The highest BCUT2D eigenvalue weighted by molar-refractivity contribution is 5.90. The number of aromatic nitrogens is 1. The number of aromatic hydroxyl groups is 1. The van der Waals surface area contributed by atoms with E-state index in [4.69, 9.17) is 5.11 Å². The second kappa shape index (κ2) is 4.06. The molecule has 1 rings (SSSR count). The normalized spacial score (nSPS) is 9.93. The van der Waals surface area contributed by atoms with Crippen LogP contribution in [0.3, 0.4) is 0 Å². The van der Waals surface area contributed by atoms with Crippen LogP contribution in [0.2, 0.25) is 0 Å². The molecule has 0 fully saturated rings. The van der Waals surface area contributed by atoms with Gasteiger partial charge in [-0.3, -0.25) is 0 Å². The Bertz CT molecular complexity index is 362. The molecule has 5 nitrogen and oxygen atoms in total. The van der Waals surface area contributed by atoms with Gasteiger partial charge in [0.25, 0.3) is 0 Å². The van der Waals surface area contributed by atoms with Crippen molar-refractivity contribution < 1.29 is 19.7 Å². The van der Waals surface area contributed by atoms with Crippen LogP contribution in [-0.4, -0.2) is 28.3 Å². The lowest BCUT2D eigenvalue weighted by atomic mass is 10.1. The molecule has 0 aliphatic carbocycles. The number of carbonyl (C=O) groups excluding carboxylic acids is 1. The zero-order chi connectivity index (χ0) is 10.7. The zero-order valence-electron chi connectivity index (χ0n) is 7.94. The van der Waals surface area contributed by atoms with Crippen molar-refractivity contribution in [3.63, 3.8) is 0 Å². The number of aliphatic hydroxyl groups excluding tert-OH is 1. The topological polar surface area (TPSA) is 79.7 Å². The summed E-state index contributed by atoms with van der Waals surface area (Å²) >= 11 is 0. The fourth-order valence-corrected chi connectivity index (χ4v) is 1.04. The average molecular weight is 197 g/mol. The minimum absolute atomic E-state index is 0.137. The fourth-order valence-electron chi connectivity index (χ4n) is 1.04. The van der Waals surface area contributed by atoms with Gasteiger partial charge < -0.3 is 14.9 Å². The molecule has 0 unspecified atom stereocenters. The molecule has 0 saturated carbocycles. The molecule has 0 bridgehead atoms. The van der Waals surface area contributed by atoms with Crippen molar-refractivity contribution in [3.05, 3.63) is 23.0 Å². The molecule has 0 atom stereocenters. The number of hydrogen-bond donors (Lipinski definition) is 2. The number of hydrogen-bond acceptors (Lipinski definition) is 5. The minimum atomic E-state index is -0.699. The smallest absolute Gasteiger partial charge is 0.360 e. The van der Waals surface area contributed by atoms with Gasteiger partial charge in [-0.25, -0.2) is 9.78 Å². The van der Waals surface area contributed by atoms with Gasteiger partial charge in [-0.15, -0.1) is 0 Å². The van der Waals surface area contributed by atoms with E-state index in [0.29, 0.717) is 11.1 Å². The highest BCUT2D eigenvalue weighted by atomic mass is 16.5. The maximum Gasteiger partial charge on any atom is 0.360 e. The first-order valence-electron chi connectivity index (χ1n) is 3.98. The summed E-state index contributed by atoms with van der Waals surface area (Å²) in [6.07, 6.45) is 1.33. The van der Waals surface area contributed by atoms with Crippen LogP contribution in [0, 0.1) is 6.92 Å². The van der Waals surface area contributed by atoms with E-state index in [1.807, 2.05) is 0 Å². The number of rotatable bonds is 2. The molecule has 0 spiro atoms. The predicted molar refractivity (Wildman–Crippen MR) is 47.9 cm³/mol. The number of ether oxygens (including phenoxy) is 1. The van der Waals surface area contributed by atoms with E-state index in [-0.39, 0.29) is 18.1 Å². The molecule has 1 aromatic heterocycles. The molecular weight excluding hydrogens is 186 g/mol. The number of carbonyl (C=O) groups is 1. The molecule has 2 N–H and O–H groups in total. The number of aliphatic hydroxyl groups is 1. The summed E-state index contributed by atoms with van der Waals surface area (Å²) in [7, 11) is 1.21. The molecule has 5 heteroatoms. The van der Waals surface area contributed by atoms with Crippen molar-refractivity contribution in [1.82, 2.24) is 4.98 Å². The summed E-state index contributed by atoms with van der Waals surface area (Å²) in [4.78, 5) is 14.8. The predicted octanol–water partition coefficient (Wildman–Crippen LogP) is 0.375. The third kappa shape index (κ3) is 1.67. The summed E-state index contributed by atoms with van der Waals surface area (Å²) in [6, 6.07) is 0. The molecule has 1 aromatic rings. The molecule has 0 aromatic carbocycles. The van der Waals surface area contributed by atoms with E-state index in [0.717, 1.165) is 0 Å². The van der Waals surface area contributed by atoms with Crippen molar-refractivity contribution in [2.75, 3.05) is 7.11 Å². The lowest BCUT2D eigenvalue weighted by Gasteiger charge is -2.07. The van der Waals surface area contributed by atoms with Crippen molar-refractivity contribution in [2.24, 2.45) is 0 Å². The van der Waals surface area contributed by atoms with Gasteiger partial charge in [0, 0.05) is 17.3 Å². The van der Waals surface area contributed by atoms with Crippen molar-refractivity contribution in [3.8, 4) is 5.75 Å². The highest BCUT2D eigenvalue weighted by Crippen LogP contribution is 2.23. The molecule has 14 heavy (non-hydrogen) atoms. The van der Waals surface area contributed by atoms with Gasteiger partial charge in [-0.05, 0) is 6.92 Å². The SMILES string of the molecule is COC(=O)c1ncc(CO)c(C)c1O. The second-order valence-electron chi connectivity index (χ2n) is 2.76. The first-order chi connectivity index (χ1) is 6.61. The Kier molecular flexibility index (Phi) is 3.03. The van der Waals surface area contributed by atoms with E-state index in [1.165, 1.54) is 13.3 Å². The Morgan fingerprint density at radius 1 is 1.64 bits per heavy atom. The molecule has 0 aliphatic heterocycles. The molecule has 0 amide bonds. The summed E-state index contributed by atoms with van der Waals surface area (Å²) in [6.45, 7) is 1.36. The molecule has 0 aliphatic rings. The van der Waals surface area contributed by atoms with Gasteiger partial charge in [0.1, 0.15) is 0 Å². The van der Waals surface area contributed by atoms with Gasteiger partial charge in [0.15, 0.2) is 11.4 Å². The lowest BCUT2D eigenvalue weighted by molar-refractivity contribution is 0.0590. The van der Waals surface area contributed by atoms with E-state index < -0.39 is 5.97 Å². The van der Waals surface area contributed by atoms with Crippen LogP contribution in [-0.2, 0) is 11.3 Å². The maximum atomic E-state index is 11.1.